The second-order valence-electron chi connectivity index (χ2n) is 8.87. The fourth-order valence-electron chi connectivity index (χ4n) is 4.16. The van der Waals surface area contributed by atoms with Crippen molar-refractivity contribution in [2.75, 3.05) is 20.8 Å². The van der Waals surface area contributed by atoms with E-state index in [0.717, 1.165) is 16.7 Å². The minimum Gasteiger partial charge on any atom is -0.507 e. The molecule has 0 aromatic heterocycles. The van der Waals surface area contributed by atoms with Crippen LogP contribution in [0.15, 0.2) is 52.3 Å². The molecule has 6 heteroatoms. The zero-order chi connectivity index (χ0) is 24.3. The van der Waals surface area contributed by atoms with E-state index in [0.29, 0.717) is 35.7 Å². The lowest BCUT2D eigenvalue weighted by Crippen LogP contribution is -2.29. The number of ketones is 2. The number of rotatable bonds is 7. The molecule has 2 aliphatic rings. The van der Waals surface area contributed by atoms with Crippen LogP contribution < -0.4 is 14.2 Å². The molecular formula is C27H32O6. The van der Waals surface area contributed by atoms with Crippen LogP contribution in [0.3, 0.4) is 0 Å². The fraction of sp³-hybridized carbons (Fsp3) is 0.407. The van der Waals surface area contributed by atoms with E-state index in [4.69, 9.17) is 14.2 Å². The van der Waals surface area contributed by atoms with E-state index in [-0.39, 0.29) is 30.3 Å². The van der Waals surface area contributed by atoms with Crippen LogP contribution in [-0.4, -0.2) is 37.5 Å². The van der Waals surface area contributed by atoms with Gasteiger partial charge in [-0.25, -0.2) is 0 Å². The van der Waals surface area contributed by atoms with Gasteiger partial charge in [-0.05, 0) is 53.0 Å². The number of aliphatic hydroxyl groups is 1. The Morgan fingerprint density at radius 3 is 2.36 bits per heavy atom. The molecule has 1 aromatic rings. The molecule has 0 unspecified atom stereocenters. The highest BCUT2D eigenvalue weighted by Crippen LogP contribution is 2.45. The largest absolute Gasteiger partial charge is 0.507 e. The molecule has 0 spiro atoms. The zero-order valence-electron chi connectivity index (χ0n) is 20.2. The van der Waals surface area contributed by atoms with E-state index in [2.05, 4.69) is 6.08 Å². The van der Waals surface area contributed by atoms with Crippen LogP contribution in [0.4, 0.5) is 0 Å². The summed E-state index contributed by atoms with van der Waals surface area (Å²) in [6.07, 6.45) is 6.54. The van der Waals surface area contributed by atoms with Crippen molar-refractivity contribution < 1.29 is 28.9 Å². The number of ether oxygens (including phenoxy) is 3. The Labute approximate surface area is 195 Å². The molecule has 1 atom stereocenters. The second-order valence-corrected chi connectivity index (χ2v) is 8.87. The summed E-state index contributed by atoms with van der Waals surface area (Å²) in [5, 5.41) is 10.9. The summed E-state index contributed by atoms with van der Waals surface area (Å²) in [5.74, 6) is 0.340. The number of carbonyl (C=O) groups excluding carboxylic acids is 2. The maximum atomic E-state index is 12.4. The van der Waals surface area contributed by atoms with E-state index in [1.165, 1.54) is 11.6 Å². The molecule has 0 fully saturated rings. The maximum Gasteiger partial charge on any atom is 0.232 e. The quantitative estimate of drug-likeness (QED) is 0.356. The second kappa shape index (κ2) is 10.1. The molecule has 6 nitrogen and oxygen atoms in total. The summed E-state index contributed by atoms with van der Waals surface area (Å²) in [6.45, 7) is 8.14. The number of fused-ring (bicyclic) bond motifs is 1. The third-order valence-electron chi connectivity index (χ3n) is 5.93. The van der Waals surface area contributed by atoms with Crippen molar-refractivity contribution in [1.29, 1.82) is 0 Å². The number of methoxy groups -OCH3 is 2. The Morgan fingerprint density at radius 1 is 1.09 bits per heavy atom. The van der Waals surface area contributed by atoms with Crippen LogP contribution in [0.5, 0.6) is 17.2 Å². The van der Waals surface area contributed by atoms with Crippen molar-refractivity contribution in [2.45, 2.75) is 47.0 Å². The van der Waals surface area contributed by atoms with Crippen molar-refractivity contribution in [1.82, 2.24) is 0 Å². The van der Waals surface area contributed by atoms with Gasteiger partial charge in [-0.3, -0.25) is 9.59 Å². The predicted molar refractivity (Wildman–Crippen MR) is 127 cm³/mol. The van der Waals surface area contributed by atoms with Gasteiger partial charge >= 0.3 is 0 Å². The van der Waals surface area contributed by atoms with Crippen molar-refractivity contribution in [2.24, 2.45) is 5.92 Å². The van der Waals surface area contributed by atoms with Crippen molar-refractivity contribution in [3.05, 3.63) is 63.5 Å². The molecule has 0 saturated heterocycles. The van der Waals surface area contributed by atoms with Gasteiger partial charge in [-0.15, -0.1) is 0 Å². The number of aliphatic hydroxyl groups excluding tert-OH is 1. The topological polar surface area (TPSA) is 82.1 Å². The standard InChI is InChI=1S/C27H32O6/c1-15(2)7-9-18-23(31-5)13-24-21(27(18)32-6)11-17(14-33-24)20-12-22(28)26(30)19(25(20)29)10-8-16(3)4/h7-8,12-13,17,29H,9-11,14H2,1-6H3/t17-/m0/s1. The SMILES string of the molecule is COc1cc2c(c(OC)c1CC=C(C)C)C[C@H](C1=CC(=O)C(=O)C(CC=C(C)C)=C1O)CO2. The average molecular weight is 453 g/mol. The Balaban J connectivity index is 2.03. The summed E-state index contributed by atoms with van der Waals surface area (Å²) in [7, 11) is 3.23. The lowest BCUT2D eigenvalue weighted by atomic mass is 9.82. The molecule has 0 saturated carbocycles. The van der Waals surface area contributed by atoms with Crippen molar-refractivity contribution in [3.63, 3.8) is 0 Å². The first kappa shape index (κ1) is 24.4. The van der Waals surface area contributed by atoms with Gasteiger partial charge in [-0.1, -0.05) is 23.3 Å². The molecule has 0 radical (unpaired) electrons. The summed E-state index contributed by atoms with van der Waals surface area (Å²) < 4.78 is 17.4. The summed E-state index contributed by atoms with van der Waals surface area (Å²) >= 11 is 0. The first-order valence-corrected chi connectivity index (χ1v) is 11.1. The first-order valence-electron chi connectivity index (χ1n) is 11.1. The van der Waals surface area contributed by atoms with Gasteiger partial charge < -0.3 is 19.3 Å². The maximum absolute atomic E-state index is 12.4. The molecule has 1 N–H and O–H groups in total. The van der Waals surface area contributed by atoms with Crippen molar-refractivity contribution >= 4 is 11.6 Å². The third kappa shape index (κ3) is 5.05. The monoisotopic (exact) mass is 452 g/mol. The van der Waals surface area contributed by atoms with E-state index >= 15 is 0 Å². The number of Topliss-reactive ketones (excluding diaryl/α,β-unsaturated/α-hetero) is 1. The summed E-state index contributed by atoms with van der Waals surface area (Å²) in [5.41, 5.74) is 4.53. The minimum absolute atomic E-state index is 0.119. The van der Waals surface area contributed by atoms with Crippen LogP contribution in [0, 0.1) is 5.92 Å². The van der Waals surface area contributed by atoms with Crippen LogP contribution in [0.1, 0.15) is 45.2 Å². The lowest BCUT2D eigenvalue weighted by Gasteiger charge is -2.31. The number of hydrogen-bond acceptors (Lipinski definition) is 6. The molecule has 176 valence electrons. The highest BCUT2D eigenvalue weighted by molar-refractivity contribution is 6.48. The normalized spacial score (nSPS) is 17.6. The van der Waals surface area contributed by atoms with E-state index in [9.17, 15) is 14.7 Å². The third-order valence-corrected chi connectivity index (χ3v) is 5.93. The highest BCUT2D eigenvalue weighted by Gasteiger charge is 2.35. The van der Waals surface area contributed by atoms with Crippen molar-refractivity contribution in [3.8, 4) is 17.2 Å². The Hall–Kier alpha value is -3.28. The van der Waals surface area contributed by atoms with Gasteiger partial charge in [0.05, 0.1) is 20.8 Å². The molecule has 3 rings (SSSR count). The van der Waals surface area contributed by atoms with E-state index in [1.807, 2.05) is 39.8 Å². The number of carbonyl (C=O) groups is 2. The highest BCUT2D eigenvalue weighted by atomic mass is 16.5. The van der Waals surface area contributed by atoms with Crippen LogP contribution in [-0.2, 0) is 22.4 Å². The number of benzene rings is 1. The summed E-state index contributed by atoms with van der Waals surface area (Å²) in [6, 6.07) is 1.86. The molecular weight excluding hydrogens is 420 g/mol. The minimum atomic E-state index is -0.655. The van der Waals surface area contributed by atoms with Crippen LogP contribution in [0.25, 0.3) is 0 Å². The molecule has 33 heavy (non-hydrogen) atoms. The predicted octanol–water partition coefficient (Wildman–Crippen LogP) is 5.01. The van der Waals surface area contributed by atoms with Crippen LogP contribution >= 0.6 is 0 Å². The van der Waals surface area contributed by atoms with Gasteiger partial charge in [0.15, 0.2) is 0 Å². The average Bonchev–Trinajstić information content (AvgIpc) is 2.78. The molecule has 1 aromatic carbocycles. The molecule has 1 heterocycles. The van der Waals surface area contributed by atoms with E-state index in [1.54, 1.807) is 14.2 Å². The van der Waals surface area contributed by atoms with Gasteiger partial charge in [0.1, 0.15) is 23.0 Å². The Morgan fingerprint density at radius 2 is 1.76 bits per heavy atom. The van der Waals surface area contributed by atoms with Crippen LogP contribution in [0.2, 0.25) is 0 Å². The molecule has 0 amide bonds. The number of hydrogen-bond donors (Lipinski definition) is 1. The first-order chi connectivity index (χ1) is 15.7. The zero-order valence-corrected chi connectivity index (χ0v) is 20.2. The Bertz CT molecular complexity index is 1090. The smallest absolute Gasteiger partial charge is 0.232 e. The fourth-order valence-corrected chi connectivity index (χ4v) is 4.16. The molecule has 1 aliphatic carbocycles. The summed E-state index contributed by atoms with van der Waals surface area (Å²) in [4.78, 5) is 24.8. The van der Waals surface area contributed by atoms with E-state index < -0.39 is 11.6 Å². The molecule has 1 aliphatic heterocycles. The van der Waals surface area contributed by atoms with Gasteiger partial charge in [0.25, 0.3) is 0 Å². The number of allylic oxidation sites excluding steroid dienone is 7. The lowest BCUT2D eigenvalue weighted by molar-refractivity contribution is -0.132. The van der Waals surface area contributed by atoms with Gasteiger partial charge in [0.2, 0.25) is 11.6 Å². The van der Waals surface area contributed by atoms with Gasteiger partial charge in [0, 0.05) is 34.3 Å². The molecule has 0 bridgehead atoms. The Kier molecular flexibility index (Phi) is 7.46. The van der Waals surface area contributed by atoms with Gasteiger partial charge in [-0.2, -0.15) is 0 Å².